The van der Waals surface area contributed by atoms with Gasteiger partial charge in [0.25, 0.3) is 0 Å². The fraction of sp³-hybridized carbons (Fsp3) is 1.00. The molecule has 17 heavy (non-hydrogen) atoms. The Balaban J connectivity index is 2.54. The van der Waals surface area contributed by atoms with Gasteiger partial charge in [-0.2, -0.15) is 0 Å². The molecule has 102 valence electrons. The van der Waals surface area contributed by atoms with Crippen molar-refractivity contribution in [1.29, 1.82) is 0 Å². The predicted octanol–water partition coefficient (Wildman–Crippen LogP) is 3.95. The lowest BCUT2D eigenvalue weighted by molar-refractivity contribution is 0.0354. The van der Waals surface area contributed by atoms with Crippen molar-refractivity contribution in [3.63, 3.8) is 0 Å². The van der Waals surface area contributed by atoms with Gasteiger partial charge in [-0.25, -0.2) is 0 Å². The molecule has 0 aliphatic heterocycles. The zero-order valence-corrected chi connectivity index (χ0v) is 12.5. The topological polar surface area (TPSA) is 44.8 Å². The van der Waals surface area contributed by atoms with Crippen LogP contribution in [0.1, 0.15) is 53.9 Å². The van der Waals surface area contributed by atoms with E-state index in [9.17, 15) is 4.57 Å². The molecule has 0 N–H and O–H groups in total. The minimum absolute atomic E-state index is 0.0592. The normalized spacial score (nSPS) is 19.0. The van der Waals surface area contributed by atoms with Crippen LogP contribution in [0.25, 0.3) is 0 Å². The van der Waals surface area contributed by atoms with E-state index >= 15 is 0 Å². The Morgan fingerprint density at radius 2 is 1.59 bits per heavy atom. The van der Waals surface area contributed by atoms with Crippen LogP contribution in [0, 0.1) is 0 Å². The first-order valence-electron chi connectivity index (χ1n) is 6.41. The number of rotatable bonds is 8. The average Bonchev–Trinajstić information content (AvgIpc) is 2.93. The van der Waals surface area contributed by atoms with E-state index in [4.69, 9.17) is 13.8 Å². The van der Waals surface area contributed by atoms with E-state index < -0.39 is 7.60 Å². The van der Waals surface area contributed by atoms with Gasteiger partial charge in [0, 0.05) is 0 Å². The first-order chi connectivity index (χ1) is 7.81. The number of hydrogen-bond donors (Lipinski definition) is 0. The maximum Gasteiger partial charge on any atom is 0.356 e. The van der Waals surface area contributed by atoms with E-state index in [0.29, 0.717) is 0 Å². The summed E-state index contributed by atoms with van der Waals surface area (Å²) in [5, 5.41) is 0. The molecule has 0 radical (unpaired) electrons. The Morgan fingerprint density at radius 3 is 1.88 bits per heavy atom. The zero-order valence-electron chi connectivity index (χ0n) is 11.6. The maximum absolute atomic E-state index is 12.5. The van der Waals surface area contributed by atoms with Crippen molar-refractivity contribution in [3.8, 4) is 0 Å². The van der Waals surface area contributed by atoms with Gasteiger partial charge in [0.2, 0.25) is 0 Å². The van der Waals surface area contributed by atoms with Gasteiger partial charge in [-0.3, -0.25) is 4.57 Å². The molecule has 1 fully saturated rings. The van der Waals surface area contributed by atoms with Gasteiger partial charge in [-0.15, -0.1) is 0 Å². The lowest BCUT2D eigenvalue weighted by Gasteiger charge is -2.24. The van der Waals surface area contributed by atoms with E-state index in [1.54, 1.807) is 0 Å². The summed E-state index contributed by atoms with van der Waals surface area (Å²) in [6, 6.07) is 0. The second-order valence-corrected chi connectivity index (χ2v) is 7.13. The molecule has 0 unspecified atom stereocenters. The molecule has 0 heterocycles. The van der Waals surface area contributed by atoms with Crippen LogP contribution in [0.4, 0.5) is 0 Å². The van der Waals surface area contributed by atoms with Crippen LogP contribution in [-0.4, -0.2) is 24.2 Å². The van der Waals surface area contributed by atoms with Crippen molar-refractivity contribution in [2.24, 2.45) is 0 Å². The Kier molecular flexibility index (Phi) is 5.21. The van der Waals surface area contributed by atoms with Crippen molar-refractivity contribution < 1.29 is 18.3 Å². The average molecular weight is 264 g/mol. The van der Waals surface area contributed by atoms with E-state index in [1.807, 2.05) is 27.7 Å². The summed E-state index contributed by atoms with van der Waals surface area (Å²) in [5.41, 5.74) is -0.0592. The Bertz CT molecular complexity index is 270. The fourth-order valence-corrected chi connectivity index (χ4v) is 3.57. The van der Waals surface area contributed by atoms with Crippen molar-refractivity contribution in [2.45, 2.75) is 71.7 Å². The molecule has 0 atom stereocenters. The molecular formula is C12H25O4P. The number of ether oxygens (including phenoxy) is 1. The summed E-state index contributed by atoms with van der Waals surface area (Å²) in [4.78, 5) is 0. The first kappa shape index (κ1) is 15.2. The van der Waals surface area contributed by atoms with Gasteiger partial charge in [-0.1, -0.05) is 6.92 Å². The molecule has 0 aromatic carbocycles. The van der Waals surface area contributed by atoms with Crippen molar-refractivity contribution in [3.05, 3.63) is 0 Å². The lowest BCUT2D eigenvalue weighted by Crippen LogP contribution is -2.17. The molecule has 1 aliphatic carbocycles. The molecule has 0 aromatic heterocycles. The molecule has 0 saturated heterocycles. The van der Waals surface area contributed by atoms with Gasteiger partial charge in [-0.05, 0) is 47.0 Å². The third-order valence-electron chi connectivity index (χ3n) is 2.72. The molecular weight excluding hydrogens is 239 g/mol. The monoisotopic (exact) mass is 264 g/mol. The van der Waals surface area contributed by atoms with Crippen LogP contribution in [0.2, 0.25) is 0 Å². The van der Waals surface area contributed by atoms with Gasteiger partial charge in [0.05, 0.1) is 17.8 Å². The summed E-state index contributed by atoms with van der Waals surface area (Å²) < 4.78 is 29.0. The molecule has 0 spiro atoms. The third kappa shape index (κ3) is 5.09. The van der Waals surface area contributed by atoms with Gasteiger partial charge in [0.15, 0.2) is 0 Å². The quantitative estimate of drug-likeness (QED) is 0.623. The minimum Gasteiger partial charge on any atom is -0.362 e. The lowest BCUT2D eigenvalue weighted by atomic mass is 10.3. The molecule has 1 saturated carbocycles. The van der Waals surface area contributed by atoms with Crippen molar-refractivity contribution in [1.82, 2.24) is 0 Å². The molecule has 4 nitrogen and oxygen atoms in total. The Labute approximate surface area is 105 Å². The van der Waals surface area contributed by atoms with Crippen molar-refractivity contribution >= 4 is 7.60 Å². The van der Waals surface area contributed by atoms with Crippen LogP contribution >= 0.6 is 7.60 Å². The first-order valence-corrected chi connectivity index (χ1v) is 8.13. The Morgan fingerprint density at radius 1 is 1.12 bits per heavy atom. The standard InChI is InChI=1S/C12H25O4P/c1-6-12(7-8-12)14-9-17(13,15-10(2)3)16-11(4)5/h10-11H,6-9H2,1-5H3. The van der Waals surface area contributed by atoms with Gasteiger partial charge < -0.3 is 13.8 Å². The van der Waals surface area contributed by atoms with E-state index in [1.165, 1.54) is 0 Å². The predicted molar refractivity (Wildman–Crippen MR) is 68.3 cm³/mol. The Hall–Kier alpha value is 0.110. The molecule has 0 aromatic rings. The van der Waals surface area contributed by atoms with E-state index in [0.717, 1.165) is 19.3 Å². The van der Waals surface area contributed by atoms with Crippen LogP contribution < -0.4 is 0 Å². The molecule has 0 amide bonds. The highest BCUT2D eigenvalue weighted by molar-refractivity contribution is 7.53. The van der Waals surface area contributed by atoms with Gasteiger partial charge >= 0.3 is 7.60 Å². The molecule has 1 rings (SSSR count). The zero-order chi connectivity index (χ0) is 13.1. The van der Waals surface area contributed by atoms with Crippen LogP contribution in [0.5, 0.6) is 0 Å². The van der Waals surface area contributed by atoms with E-state index in [2.05, 4.69) is 6.92 Å². The molecule has 5 heteroatoms. The van der Waals surface area contributed by atoms with E-state index in [-0.39, 0.29) is 24.2 Å². The molecule has 1 aliphatic rings. The van der Waals surface area contributed by atoms with Crippen LogP contribution in [-0.2, 0) is 18.3 Å². The molecule has 0 bridgehead atoms. The summed E-state index contributed by atoms with van der Waals surface area (Å²) in [6.07, 6.45) is 2.87. The minimum atomic E-state index is -3.12. The fourth-order valence-electron chi connectivity index (χ4n) is 1.68. The SMILES string of the molecule is CCC1(OCP(=O)(OC(C)C)OC(C)C)CC1. The summed E-state index contributed by atoms with van der Waals surface area (Å²) in [5.74, 6) is 0. The second kappa shape index (κ2) is 5.83. The highest BCUT2D eigenvalue weighted by Gasteiger charge is 2.44. The van der Waals surface area contributed by atoms with Crippen LogP contribution in [0.3, 0.4) is 0 Å². The highest BCUT2D eigenvalue weighted by Crippen LogP contribution is 2.54. The summed E-state index contributed by atoms with van der Waals surface area (Å²) in [6.45, 7) is 9.49. The number of hydrogen-bond acceptors (Lipinski definition) is 4. The highest BCUT2D eigenvalue weighted by atomic mass is 31.2. The van der Waals surface area contributed by atoms with Crippen LogP contribution in [0.15, 0.2) is 0 Å². The maximum atomic E-state index is 12.5. The largest absolute Gasteiger partial charge is 0.362 e. The van der Waals surface area contributed by atoms with Gasteiger partial charge in [0.1, 0.15) is 6.35 Å². The smallest absolute Gasteiger partial charge is 0.356 e. The third-order valence-corrected chi connectivity index (χ3v) is 4.65. The summed E-state index contributed by atoms with van der Waals surface area (Å²) in [7, 11) is -3.12. The second-order valence-electron chi connectivity index (χ2n) is 5.23. The summed E-state index contributed by atoms with van der Waals surface area (Å²) >= 11 is 0. The van der Waals surface area contributed by atoms with Crippen molar-refractivity contribution in [2.75, 3.05) is 6.35 Å².